The number of nitrogens with zero attached hydrogens (tertiary/aromatic N) is 2. The molecule has 0 bridgehead atoms. The number of hydrogen-bond donors (Lipinski definition) is 2. The Labute approximate surface area is 220 Å². The Morgan fingerprint density at radius 3 is 2.68 bits per heavy atom. The maximum Gasteiger partial charge on any atom is 0.310 e. The molecule has 3 saturated heterocycles. The summed E-state index contributed by atoms with van der Waals surface area (Å²) in [6.07, 6.45) is 8.70. The second kappa shape index (κ2) is 11.6. The molecule has 37 heavy (non-hydrogen) atoms. The van der Waals surface area contributed by atoms with Gasteiger partial charge in [-0.2, -0.15) is 5.26 Å². The average Bonchev–Trinajstić information content (AvgIpc) is 3.15. The van der Waals surface area contributed by atoms with Crippen LogP contribution in [0.15, 0.2) is 0 Å². The van der Waals surface area contributed by atoms with Gasteiger partial charge < -0.3 is 24.8 Å². The Hall–Kier alpha value is -1.73. The number of hydrogen-bond acceptors (Lipinski definition) is 8. The number of carbonyl (C=O) groups excluding carboxylic acids is 2. The SMILES string of the molecule is CO[C@@H]1CCNC[C@@H](C(=O)N[C@H](C#N)CC2CCC(C3CCC4C(=O)OC5(CN(C)C5)C4C3)CC2)OC1. The fourth-order valence-corrected chi connectivity index (χ4v) is 7.87. The number of nitriles is 1. The fraction of sp³-hybridized carbons (Fsp3) is 0.893. The number of carbonyl (C=O) groups is 2. The zero-order valence-corrected chi connectivity index (χ0v) is 22.5. The monoisotopic (exact) mass is 516 g/mol. The van der Waals surface area contributed by atoms with Crippen molar-refractivity contribution < 1.29 is 23.8 Å². The summed E-state index contributed by atoms with van der Waals surface area (Å²) in [4.78, 5) is 27.6. The van der Waals surface area contributed by atoms with Crippen LogP contribution in [0.3, 0.4) is 0 Å². The van der Waals surface area contributed by atoms with Gasteiger partial charge in [0, 0.05) is 32.7 Å². The first-order chi connectivity index (χ1) is 17.9. The van der Waals surface area contributed by atoms with E-state index in [-0.39, 0.29) is 29.5 Å². The molecule has 5 fully saturated rings. The van der Waals surface area contributed by atoms with Crippen molar-refractivity contribution in [1.29, 1.82) is 5.26 Å². The second-order valence-corrected chi connectivity index (χ2v) is 12.3. The molecule has 5 aliphatic rings. The van der Waals surface area contributed by atoms with Crippen molar-refractivity contribution in [3.05, 3.63) is 0 Å². The highest BCUT2D eigenvalue weighted by Gasteiger charge is 2.62. The number of nitrogens with one attached hydrogen (secondary N) is 2. The lowest BCUT2D eigenvalue weighted by Gasteiger charge is -2.50. The van der Waals surface area contributed by atoms with Gasteiger partial charge in [-0.1, -0.05) is 12.8 Å². The van der Waals surface area contributed by atoms with Gasteiger partial charge in [-0.25, -0.2) is 0 Å². The van der Waals surface area contributed by atoms with Crippen LogP contribution in [-0.4, -0.2) is 87.6 Å². The van der Waals surface area contributed by atoms with Crippen molar-refractivity contribution in [1.82, 2.24) is 15.5 Å². The van der Waals surface area contributed by atoms with E-state index >= 15 is 0 Å². The van der Waals surface area contributed by atoms with E-state index in [9.17, 15) is 14.9 Å². The molecular weight excluding hydrogens is 472 g/mol. The van der Waals surface area contributed by atoms with E-state index in [1.165, 1.54) is 12.8 Å². The van der Waals surface area contributed by atoms with Gasteiger partial charge in [-0.05, 0) is 76.3 Å². The lowest BCUT2D eigenvalue weighted by Crippen LogP contribution is -2.64. The summed E-state index contributed by atoms with van der Waals surface area (Å²) >= 11 is 0. The van der Waals surface area contributed by atoms with Crippen LogP contribution >= 0.6 is 0 Å². The largest absolute Gasteiger partial charge is 0.456 e. The summed E-state index contributed by atoms with van der Waals surface area (Å²) < 4.78 is 17.1. The highest BCUT2D eigenvalue weighted by atomic mass is 16.6. The van der Waals surface area contributed by atoms with Gasteiger partial charge in [0.2, 0.25) is 0 Å². The van der Waals surface area contributed by atoms with E-state index in [0.717, 1.165) is 58.2 Å². The molecule has 2 saturated carbocycles. The smallest absolute Gasteiger partial charge is 0.310 e. The zero-order valence-electron chi connectivity index (χ0n) is 22.5. The molecule has 3 unspecified atom stereocenters. The number of likely N-dealkylation sites (tertiary alicyclic amines) is 1. The molecule has 0 aromatic heterocycles. The summed E-state index contributed by atoms with van der Waals surface area (Å²) in [5.74, 6) is 2.14. The van der Waals surface area contributed by atoms with Crippen molar-refractivity contribution in [2.45, 2.75) is 81.6 Å². The van der Waals surface area contributed by atoms with Crippen LogP contribution in [0.4, 0.5) is 0 Å². The van der Waals surface area contributed by atoms with Gasteiger partial charge >= 0.3 is 5.97 Å². The maximum absolute atomic E-state index is 12.8. The number of methoxy groups -OCH3 is 1. The molecule has 1 spiro atoms. The van der Waals surface area contributed by atoms with Crippen molar-refractivity contribution in [3.63, 3.8) is 0 Å². The van der Waals surface area contributed by atoms with Crippen LogP contribution in [-0.2, 0) is 23.8 Å². The van der Waals surface area contributed by atoms with Gasteiger partial charge in [0.05, 0.1) is 24.7 Å². The third kappa shape index (κ3) is 5.83. The number of amides is 1. The van der Waals surface area contributed by atoms with Crippen LogP contribution in [0.2, 0.25) is 0 Å². The van der Waals surface area contributed by atoms with Crippen LogP contribution in [0.5, 0.6) is 0 Å². The third-order valence-electron chi connectivity index (χ3n) is 9.93. The molecule has 206 valence electrons. The molecule has 3 aliphatic heterocycles. The summed E-state index contributed by atoms with van der Waals surface area (Å²) in [6.45, 7) is 3.38. The first kappa shape index (κ1) is 26.9. The molecule has 0 aromatic carbocycles. The van der Waals surface area contributed by atoms with E-state index < -0.39 is 12.1 Å². The Bertz CT molecular complexity index is 863. The van der Waals surface area contributed by atoms with Crippen LogP contribution < -0.4 is 10.6 Å². The zero-order chi connectivity index (χ0) is 26.0. The van der Waals surface area contributed by atoms with Gasteiger partial charge in [0.15, 0.2) is 0 Å². The highest BCUT2D eigenvalue weighted by Crippen LogP contribution is 2.53. The Kier molecular flexibility index (Phi) is 8.40. The molecule has 2 N–H and O–H groups in total. The van der Waals surface area contributed by atoms with Gasteiger partial charge in [0.1, 0.15) is 17.7 Å². The van der Waals surface area contributed by atoms with Crippen molar-refractivity contribution in [2.24, 2.45) is 29.6 Å². The number of likely N-dealkylation sites (N-methyl/N-ethyl adjacent to an activating group) is 1. The maximum atomic E-state index is 12.8. The van der Waals surface area contributed by atoms with Gasteiger partial charge in [-0.3, -0.25) is 14.5 Å². The standard InChI is InChI=1S/C28H44N4O5/c1-32-16-28(17-32)24-12-20(7-8-23(24)27(34)37-28)19-5-3-18(4-6-19)11-21(13-29)31-26(33)25-14-30-10-9-22(35-2)15-36-25/h18-25,30H,3-12,14-17H2,1-2H3,(H,31,33)/t18?,19?,20?,21-,22+,23?,24?,25-/m0/s1. The quantitative estimate of drug-likeness (QED) is 0.515. The van der Waals surface area contributed by atoms with Gasteiger partial charge in [0.25, 0.3) is 5.91 Å². The number of rotatable bonds is 6. The van der Waals surface area contributed by atoms with Crippen molar-refractivity contribution >= 4 is 11.9 Å². The summed E-state index contributed by atoms with van der Waals surface area (Å²) in [7, 11) is 3.76. The van der Waals surface area contributed by atoms with Crippen LogP contribution in [0.1, 0.15) is 57.8 Å². The molecule has 6 atom stereocenters. The Balaban J connectivity index is 1.08. The minimum Gasteiger partial charge on any atom is -0.456 e. The molecule has 3 heterocycles. The molecule has 9 heteroatoms. The molecule has 0 radical (unpaired) electrons. The lowest BCUT2D eigenvalue weighted by molar-refractivity contribution is -0.167. The fourth-order valence-electron chi connectivity index (χ4n) is 7.87. The Morgan fingerprint density at radius 2 is 1.97 bits per heavy atom. The van der Waals surface area contributed by atoms with Crippen molar-refractivity contribution in [2.75, 3.05) is 46.9 Å². The number of fused-ring (bicyclic) bond motifs is 2. The normalized spacial score (nSPS) is 38.8. The van der Waals surface area contributed by atoms with E-state index in [4.69, 9.17) is 14.2 Å². The number of ether oxygens (including phenoxy) is 3. The van der Waals surface area contributed by atoms with E-state index in [0.29, 0.717) is 43.2 Å². The summed E-state index contributed by atoms with van der Waals surface area (Å²) in [5, 5.41) is 15.9. The molecule has 2 aliphatic carbocycles. The minimum absolute atomic E-state index is 0.0256. The predicted octanol–water partition coefficient (Wildman–Crippen LogP) is 1.86. The molecular formula is C28H44N4O5. The van der Waals surface area contributed by atoms with E-state index in [1.807, 2.05) is 0 Å². The van der Waals surface area contributed by atoms with E-state index in [1.54, 1.807) is 7.11 Å². The molecule has 5 rings (SSSR count). The minimum atomic E-state index is -0.607. The molecule has 1 amide bonds. The average molecular weight is 517 g/mol. The molecule has 0 aromatic rings. The number of esters is 1. The van der Waals surface area contributed by atoms with Crippen LogP contribution in [0.25, 0.3) is 0 Å². The van der Waals surface area contributed by atoms with Crippen LogP contribution in [0, 0.1) is 40.9 Å². The topological polar surface area (TPSA) is 113 Å². The first-order valence-electron chi connectivity index (χ1n) is 14.4. The summed E-state index contributed by atoms with van der Waals surface area (Å²) in [5.41, 5.74) is -0.217. The van der Waals surface area contributed by atoms with E-state index in [2.05, 4.69) is 28.7 Å². The van der Waals surface area contributed by atoms with Crippen molar-refractivity contribution in [3.8, 4) is 6.07 Å². The Morgan fingerprint density at radius 1 is 1.22 bits per heavy atom. The highest BCUT2D eigenvalue weighted by molar-refractivity contribution is 5.81. The second-order valence-electron chi connectivity index (χ2n) is 12.3. The predicted molar refractivity (Wildman–Crippen MR) is 136 cm³/mol. The van der Waals surface area contributed by atoms with Gasteiger partial charge in [-0.15, -0.1) is 0 Å². The lowest BCUT2D eigenvalue weighted by atomic mass is 9.61. The summed E-state index contributed by atoms with van der Waals surface area (Å²) in [6, 6.07) is 1.82. The third-order valence-corrected chi connectivity index (χ3v) is 9.93. The molecule has 9 nitrogen and oxygen atoms in total. The first-order valence-corrected chi connectivity index (χ1v) is 14.4.